The molecule has 158 valence electrons. The number of unbranched alkanes of at least 4 members (excludes halogenated alkanes) is 12. The molecular weight excluding hydrogens is 374 g/mol. The molecule has 0 bridgehead atoms. The van der Waals surface area contributed by atoms with Crippen molar-refractivity contribution in [1.29, 1.82) is 0 Å². The fraction of sp³-hybridized carbons (Fsp3) is 0.900. The van der Waals surface area contributed by atoms with E-state index in [1.807, 2.05) is 0 Å². The van der Waals surface area contributed by atoms with Gasteiger partial charge in [0.05, 0.1) is 19.8 Å². The summed E-state index contributed by atoms with van der Waals surface area (Å²) in [5.74, 6) is 0. The van der Waals surface area contributed by atoms with Gasteiger partial charge in [-0.2, -0.15) is 0 Å². The summed E-state index contributed by atoms with van der Waals surface area (Å²) in [4.78, 5) is 17.1. The maximum absolute atomic E-state index is 10.5. The van der Waals surface area contributed by atoms with Gasteiger partial charge in [0, 0.05) is 0 Å². The summed E-state index contributed by atoms with van der Waals surface area (Å²) in [6.07, 6.45) is 21.7. The monoisotopic (exact) mass is 416 g/mol. The van der Waals surface area contributed by atoms with Crippen molar-refractivity contribution in [2.24, 2.45) is 0 Å². The Hall–Kier alpha value is 0.810. The molecule has 0 aliphatic carbocycles. The first kappa shape index (κ1) is 30.0. The second-order valence-corrected chi connectivity index (χ2v) is 8.11. The SMILES string of the molecule is C1CO1.CCCCCCCC/C=C\CCCCCCCCOP(=O)(O)O.[NaH]. The number of phosphoric acid groups is 1. The van der Waals surface area contributed by atoms with E-state index >= 15 is 0 Å². The zero-order valence-corrected chi connectivity index (χ0v) is 17.6. The molecule has 7 heteroatoms. The van der Waals surface area contributed by atoms with Gasteiger partial charge in [0.1, 0.15) is 0 Å². The van der Waals surface area contributed by atoms with Crippen LogP contribution < -0.4 is 0 Å². The normalized spacial score (nSPS) is 13.1. The molecule has 1 aliphatic rings. The van der Waals surface area contributed by atoms with Crippen LogP contribution in [0.2, 0.25) is 0 Å². The zero-order valence-electron chi connectivity index (χ0n) is 16.7. The first-order valence-corrected chi connectivity index (χ1v) is 12.0. The Morgan fingerprint density at radius 3 is 1.63 bits per heavy atom. The van der Waals surface area contributed by atoms with E-state index in [1.54, 1.807) is 0 Å². The topological polar surface area (TPSA) is 79.3 Å². The summed E-state index contributed by atoms with van der Waals surface area (Å²) in [7, 11) is -4.26. The molecule has 27 heavy (non-hydrogen) atoms. The minimum absolute atomic E-state index is 0. The fourth-order valence-electron chi connectivity index (χ4n) is 2.53. The Labute approximate surface area is 189 Å². The van der Waals surface area contributed by atoms with Gasteiger partial charge < -0.3 is 14.5 Å². The van der Waals surface area contributed by atoms with Crippen molar-refractivity contribution in [3.63, 3.8) is 0 Å². The standard InChI is InChI=1S/C18H37O4P.C2H4O.Na.H/c1-2-3-4-5-6-7-8-9-10-11-12-13-14-15-16-17-18-22-23(19,20)21;1-2-3-1;;/h9-10H,2-8,11-18H2,1H3,(H2,19,20,21);1-2H2;;/b10-9-;;;. The molecule has 1 fully saturated rings. The van der Waals surface area contributed by atoms with Crippen LogP contribution >= 0.6 is 7.82 Å². The fourth-order valence-corrected chi connectivity index (χ4v) is 2.90. The molecule has 0 unspecified atom stereocenters. The van der Waals surface area contributed by atoms with Crippen LogP contribution in [0.4, 0.5) is 0 Å². The minimum atomic E-state index is -4.26. The van der Waals surface area contributed by atoms with Crippen LogP contribution in [0.3, 0.4) is 0 Å². The van der Waals surface area contributed by atoms with Crippen molar-refractivity contribution in [2.75, 3.05) is 19.8 Å². The van der Waals surface area contributed by atoms with Crippen LogP contribution in [0.25, 0.3) is 0 Å². The Balaban J connectivity index is 0. The number of epoxide rings is 1. The first-order valence-electron chi connectivity index (χ1n) is 10.5. The van der Waals surface area contributed by atoms with Gasteiger partial charge >= 0.3 is 37.4 Å². The van der Waals surface area contributed by atoms with E-state index in [0.717, 1.165) is 32.5 Å². The van der Waals surface area contributed by atoms with Gasteiger partial charge in [0.15, 0.2) is 0 Å². The molecule has 1 rings (SSSR count). The molecule has 0 aromatic rings. The van der Waals surface area contributed by atoms with Crippen molar-refractivity contribution < 1.29 is 23.6 Å². The van der Waals surface area contributed by atoms with E-state index in [9.17, 15) is 4.57 Å². The molecule has 0 aromatic carbocycles. The molecule has 5 nitrogen and oxygen atoms in total. The molecule has 0 atom stereocenters. The molecule has 0 aromatic heterocycles. The summed E-state index contributed by atoms with van der Waals surface area (Å²) in [5, 5.41) is 0. The van der Waals surface area contributed by atoms with Crippen molar-refractivity contribution in [3.8, 4) is 0 Å². The van der Waals surface area contributed by atoms with Gasteiger partial charge in [-0.05, 0) is 32.1 Å². The first-order chi connectivity index (χ1) is 12.6. The van der Waals surface area contributed by atoms with Gasteiger partial charge in [-0.25, -0.2) is 4.57 Å². The van der Waals surface area contributed by atoms with Crippen LogP contribution in [-0.4, -0.2) is 59.2 Å². The number of hydrogen-bond acceptors (Lipinski definition) is 3. The molecule has 1 heterocycles. The summed E-state index contributed by atoms with van der Waals surface area (Å²) >= 11 is 0. The summed E-state index contributed by atoms with van der Waals surface area (Å²) in [5.41, 5.74) is 0. The Kier molecular flexibility index (Phi) is 25.7. The van der Waals surface area contributed by atoms with Crippen molar-refractivity contribution >= 4 is 37.4 Å². The molecular formula is C20H42NaO5P. The molecule has 0 spiro atoms. The van der Waals surface area contributed by atoms with E-state index in [4.69, 9.17) is 9.79 Å². The Bertz CT molecular complexity index is 356. The van der Waals surface area contributed by atoms with E-state index in [1.165, 1.54) is 70.6 Å². The zero-order chi connectivity index (χ0) is 19.3. The maximum atomic E-state index is 10.5. The van der Waals surface area contributed by atoms with Gasteiger partial charge in [0.2, 0.25) is 0 Å². The van der Waals surface area contributed by atoms with Crippen LogP contribution in [0.5, 0.6) is 0 Å². The number of hydrogen-bond donors (Lipinski definition) is 2. The summed E-state index contributed by atoms with van der Waals surface area (Å²) in [6, 6.07) is 0. The molecule has 0 radical (unpaired) electrons. The number of ether oxygens (including phenoxy) is 1. The number of allylic oxidation sites excluding steroid dienone is 2. The van der Waals surface area contributed by atoms with Gasteiger partial charge in [-0.1, -0.05) is 76.9 Å². The summed E-state index contributed by atoms with van der Waals surface area (Å²) in [6.45, 7) is 4.41. The van der Waals surface area contributed by atoms with E-state index < -0.39 is 7.82 Å². The van der Waals surface area contributed by atoms with Crippen LogP contribution in [-0.2, 0) is 13.8 Å². The van der Waals surface area contributed by atoms with Gasteiger partial charge in [0.25, 0.3) is 0 Å². The van der Waals surface area contributed by atoms with E-state index in [-0.39, 0.29) is 36.2 Å². The summed E-state index contributed by atoms with van der Waals surface area (Å²) < 4.78 is 19.4. The predicted octanol–water partition coefficient (Wildman–Crippen LogP) is 5.50. The molecule has 1 aliphatic heterocycles. The van der Waals surface area contributed by atoms with Crippen LogP contribution in [0.15, 0.2) is 12.2 Å². The van der Waals surface area contributed by atoms with Gasteiger partial charge in [-0.3, -0.25) is 4.52 Å². The van der Waals surface area contributed by atoms with Crippen molar-refractivity contribution in [2.45, 2.75) is 96.8 Å². The number of phosphoric ester groups is 1. The average Bonchev–Trinajstić information content (AvgIpc) is 3.45. The van der Waals surface area contributed by atoms with Crippen molar-refractivity contribution in [1.82, 2.24) is 0 Å². The van der Waals surface area contributed by atoms with Gasteiger partial charge in [-0.15, -0.1) is 0 Å². The van der Waals surface area contributed by atoms with Crippen LogP contribution in [0.1, 0.15) is 96.8 Å². The quantitative estimate of drug-likeness (QED) is 0.108. The van der Waals surface area contributed by atoms with E-state index in [2.05, 4.69) is 28.3 Å². The second kappa shape index (κ2) is 23.1. The van der Waals surface area contributed by atoms with Crippen LogP contribution in [0, 0.1) is 0 Å². The number of rotatable bonds is 17. The Morgan fingerprint density at radius 1 is 0.815 bits per heavy atom. The second-order valence-electron chi connectivity index (χ2n) is 6.87. The third-order valence-electron chi connectivity index (χ3n) is 4.12. The van der Waals surface area contributed by atoms with Crippen molar-refractivity contribution in [3.05, 3.63) is 12.2 Å². The third kappa shape index (κ3) is 34.7. The Morgan fingerprint density at radius 2 is 1.22 bits per heavy atom. The predicted molar refractivity (Wildman–Crippen MR) is 115 cm³/mol. The average molecular weight is 417 g/mol. The van der Waals surface area contributed by atoms with E-state index in [0.29, 0.717) is 0 Å². The molecule has 1 saturated heterocycles. The molecule has 0 amide bonds. The molecule has 2 N–H and O–H groups in total. The molecule has 0 saturated carbocycles. The third-order valence-corrected chi connectivity index (χ3v) is 4.64.